The number of methoxy groups -OCH3 is 1. The number of anilines is 2. The van der Waals surface area contributed by atoms with Crippen molar-refractivity contribution in [3.05, 3.63) is 51.7 Å². The van der Waals surface area contributed by atoms with Crippen LogP contribution in [0.3, 0.4) is 0 Å². The van der Waals surface area contributed by atoms with Crippen molar-refractivity contribution >= 4 is 49.2 Å². The first-order valence-electron chi connectivity index (χ1n) is 9.74. The fourth-order valence-electron chi connectivity index (χ4n) is 3.77. The Balaban J connectivity index is 0.00000132. The average molecular weight is 513 g/mol. The van der Waals surface area contributed by atoms with E-state index in [1.807, 2.05) is 13.8 Å². The summed E-state index contributed by atoms with van der Waals surface area (Å²) < 4.78 is 47.1. The molecular formula is C21H22BrFN2O5S. The lowest BCUT2D eigenvalue weighted by atomic mass is 9.65. The second-order valence-electron chi connectivity index (χ2n) is 7.01. The largest absolute Gasteiger partial charge is 0.465 e. The smallest absolute Gasteiger partial charge is 0.340 e. The molecule has 0 aromatic heterocycles. The lowest BCUT2D eigenvalue weighted by Gasteiger charge is -2.36. The summed E-state index contributed by atoms with van der Waals surface area (Å²) in [4.78, 5) is 24.3. The molecule has 1 heterocycles. The molecule has 1 fully saturated rings. The maximum absolute atomic E-state index is 14.2. The lowest BCUT2D eigenvalue weighted by Crippen LogP contribution is -2.40. The Labute approximate surface area is 188 Å². The highest BCUT2D eigenvalue weighted by molar-refractivity contribution is 9.10. The number of amides is 1. The molecule has 1 spiro atoms. The van der Waals surface area contributed by atoms with Gasteiger partial charge in [-0.2, -0.15) is 0 Å². The van der Waals surface area contributed by atoms with E-state index >= 15 is 0 Å². The molecule has 0 bridgehead atoms. The van der Waals surface area contributed by atoms with Gasteiger partial charge < -0.3 is 10.1 Å². The van der Waals surface area contributed by atoms with E-state index in [2.05, 4.69) is 26.0 Å². The molecule has 1 aliphatic heterocycles. The predicted molar refractivity (Wildman–Crippen MR) is 118 cm³/mol. The van der Waals surface area contributed by atoms with Crippen LogP contribution in [-0.2, 0) is 25.0 Å². The van der Waals surface area contributed by atoms with Gasteiger partial charge in [-0.25, -0.2) is 17.6 Å². The molecule has 2 aromatic rings. The summed E-state index contributed by atoms with van der Waals surface area (Å²) in [5.74, 6) is -1.86. The highest BCUT2D eigenvalue weighted by Crippen LogP contribution is 2.52. The summed E-state index contributed by atoms with van der Waals surface area (Å²) in [5, 5.41) is 2.73. The van der Waals surface area contributed by atoms with Gasteiger partial charge >= 0.3 is 5.97 Å². The van der Waals surface area contributed by atoms with Crippen LogP contribution in [0, 0.1) is 5.82 Å². The van der Waals surface area contributed by atoms with Crippen LogP contribution in [0.15, 0.2) is 39.7 Å². The lowest BCUT2D eigenvalue weighted by molar-refractivity contribution is -0.123. The van der Waals surface area contributed by atoms with Crippen LogP contribution in [-0.4, -0.2) is 27.4 Å². The molecule has 1 amide bonds. The fraction of sp³-hybridized carbons (Fsp3) is 0.333. The number of hydrogen-bond donors (Lipinski definition) is 2. The van der Waals surface area contributed by atoms with Crippen molar-refractivity contribution < 1.29 is 27.1 Å². The third kappa shape index (κ3) is 3.94. The van der Waals surface area contributed by atoms with E-state index in [-0.39, 0.29) is 17.2 Å². The van der Waals surface area contributed by atoms with E-state index < -0.39 is 32.1 Å². The van der Waals surface area contributed by atoms with Gasteiger partial charge in [-0.1, -0.05) is 36.2 Å². The summed E-state index contributed by atoms with van der Waals surface area (Å²) in [6, 6.07) is 6.38. The standard InChI is InChI=1S/C19H16BrFN2O5S.C2H6/c1-28-17(24)12-8-11(9-13-16(12)22-18(25)19(13)5-2-6-19)23-29(26,27)15-4-3-10(20)7-14(15)21;1-2/h3-4,7-9,23H,2,5-6H2,1H3,(H,22,25);1-2H3. The number of benzene rings is 2. The topological polar surface area (TPSA) is 102 Å². The molecule has 0 radical (unpaired) electrons. The van der Waals surface area contributed by atoms with Crippen molar-refractivity contribution in [2.24, 2.45) is 0 Å². The zero-order valence-corrected chi connectivity index (χ0v) is 19.6. The molecule has 2 aliphatic rings. The Morgan fingerprint density at radius 2 is 1.90 bits per heavy atom. The van der Waals surface area contributed by atoms with Crippen LogP contribution >= 0.6 is 15.9 Å². The van der Waals surface area contributed by atoms with E-state index in [4.69, 9.17) is 4.74 Å². The summed E-state index contributed by atoms with van der Waals surface area (Å²) in [6.45, 7) is 4.00. The molecule has 1 aliphatic carbocycles. The number of ether oxygens (including phenoxy) is 1. The Bertz CT molecular complexity index is 1160. The van der Waals surface area contributed by atoms with Gasteiger partial charge in [0, 0.05) is 4.47 Å². The van der Waals surface area contributed by atoms with Gasteiger partial charge in [-0.05, 0) is 48.7 Å². The first-order chi connectivity index (χ1) is 14.7. The Kier molecular flexibility index (Phi) is 6.43. The maximum Gasteiger partial charge on any atom is 0.340 e. The highest BCUT2D eigenvalue weighted by Gasteiger charge is 2.52. The van der Waals surface area contributed by atoms with Crippen molar-refractivity contribution in [2.75, 3.05) is 17.1 Å². The molecule has 31 heavy (non-hydrogen) atoms. The van der Waals surface area contributed by atoms with Gasteiger partial charge in [-0.3, -0.25) is 9.52 Å². The minimum atomic E-state index is -4.27. The number of esters is 1. The van der Waals surface area contributed by atoms with E-state index in [0.717, 1.165) is 18.6 Å². The zero-order valence-electron chi connectivity index (χ0n) is 17.2. The first kappa shape index (κ1) is 23.2. The summed E-state index contributed by atoms with van der Waals surface area (Å²) in [7, 11) is -3.08. The van der Waals surface area contributed by atoms with Gasteiger partial charge in [0.2, 0.25) is 5.91 Å². The van der Waals surface area contributed by atoms with E-state index in [9.17, 15) is 22.4 Å². The number of carbonyl (C=O) groups is 2. The number of hydrogen-bond acceptors (Lipinski definition) is 5. The SMILES string of the molecule is CC.COC(=O)c1cc(NS(=O)(=O)c2ccc(Br)cc2F)cc2c1NC(=O)C21CCC1. The molecular weight excluding hydrogens is 491 g/mol. The van der Waals surface area contributed by atoms with Crippen molar-refractivity contribution in [2.45, 2.75) is 43.4 Å². The molecule has 0 unspecified atom stereocenters. The van der Waals surface area contributed by atoms with Gasteiger partial charge in [-0.15, -0.1) is 0 Å². The van der Waals surface area contributed by atoms with E-state index in [0.29, 0.717) is 28.6 Å². The maximum atomic E-state index is 14.2. The number of nitrogens with one attached hydrogen (secondary N) is 2. The van der Waals surface area contributed by atoms with Crippen LogP contribution in [0.25, 0.3) is 0 Å². The minimum absolute atomic E-state index is 0.0381. The predicted octanol–water partition coefficient (Wildman–Crippen LogP) is 4.58. The minimum Gasteiger partial charge on any atom is -0.465 e. The summed E-state index contributed by atoms with van der Waals surface area (Å²) >= 11 is 3.08. The van der Waals surface area contributed by atoms with Crippen molar-refractivity contribution in [1.82, 2.24) is 0 Å². The van der Waals surface area contributed by atoms with Gasteiger partial charge in [0.05, 0.1) is 29.5 Å². The molecule has 2 N–H and O–H groups in total. The molecule has 10 heteroatoms. The van der Waals surface area contributed by atoms with Crippen LogP contribution in [0.1, 0.15) is 49.0 Å². The first-order valence-corrected chi connectivity index (χ1v) is 12.0. The van der Waals surface area contributed by atoms with Crippen molar-refractivity contribution in [3.63, 3.8) is 0 Å². The molecule has 166 valence electrons. The van der Waals surface area contributed by atoms with Crippen LogP contribution in [0.5, 0.6) is 0 Å². The molecule has 0 atom stereocenters. The van der Waals surface area contributed by atoms with Crippen LogP contribution in [0.2, 0.25) is 0 Å². The van der Waals surface area contributed by atoms with Crippen LogP contribution < -0.4 is 10.0 Å². The zero-order chi connectivity index (χ0) is 23.0. The normalized spacial score (nSPS) is 15.8. The average Bonchev–Trinajstić information content (AvgIpc) is 2.99. The van der Waals surface area contributed by atoms with Gasteiger partial charge in [0.15, 0.2) is 0 Å². The highest BCUT2D eigenvalue weighted by atomic mass is 79.9. The molecule has 7 nitrogen and oxygen atoms in total. The molecule has 4 rings (SSSR count). The second-order valence-corrected chi connectivity index (χ2v) is 9.57. The van der Waals surface area contributed by atoms with Crippen LogP contribution in [0.4, 0.5) is 15.8 Å². The van der Waals surface area contributed by atoms with Gasteiger partial charge in [0.25, 0.3) is 10.0 Å². The Hall–Kier alpha value is -2.46. The van der Waals surface area contributed by atoms with Crippen molar-refractivity contribution in [3.8, 4) is 0 Å². The third-order valence-electron chi connectivity index (χ3n) is 5.38. The third-order valence-corrected chi connectivity index (χ3v) is 7.28. The fourth-order valence-corrected chi connectivity index (χ4v) is 5.20. The number of rotatable bonds is 4. The number of halogens is 2. The number of fused-ring (bicyclic) bond motifs is 2. The number of carbonyl (C=O) groups excluding carboxylic acids is 2. The monoisotopic (exact) mass is 512 g/mol. The molecule has 2 aromatic carbocycles. The van der Waals surface area contributed by atoms with Crippen molar-refractivity contribution in [1.29, 1.82) is 0 Å². The molecule has 1 saturated carbocycles. The Morgan fingerprint density at radius 1 is 1.23 bits per heavy atom. The quantitative estimate of drug-likeness (QED) is 0.584. The van der Waals surface area contributed by atoms with E-state index in [1.54, 1.807) is 0 Å². The molecule has 0 saturated heterocycles. The Morgan fingerprint density at radius 3 is 2.45 bits per heavy atom. The summed E-state index contributed by atoms with van der Waals surface area (Å²) in [6.07, 6.45) is 2.05. The number of sulfonamides is 1. The second kappa shape index (κ2) is 8.58. The van der Waals surface area contributed by atoms with E-state index in [1.165, 1.54) is 25.3 Å². The summed E-state index contributed by atoms with van der Waals surface area (Å²) in [5.41, 5.74) is 0.192. The van der Waals surface area contributed by atoms with Gasteiger partial charge in [0.1, 0.15) is 10.7 Å².